The lowest BCUT2D eigenvalue weighted by atomic mass is 10.2. The highest BCUT2D eigenvalue weighted by Gasteiger charge is 2.11. The van der Waals surface area contributed by atoms with E-state index in [1.165, 1.54) is 12.3 Å². The maximum Gasteiger partial charge on any atom is 0.277 e. The summed E-state index contributed by atoms with van der Waals surface area (Å²) in [6.07, 6.45) is 2.49. The third kappa shape index (κ3) is 4.36. The van der Waals surface area contributed by atoms with Gasteiger partial charge in [0.25, 0.3) is 5.69 Å². The van der Waals surface area contributed by atoms with E-state index in [1.807, 2.05) is 14.1 Å². The van der Waals surface area contributed by atoms with Crippen molar-refractivity contribution >= 4 is 11.5 Å². The number of nitro groups is 1. The van der Waals surface area contributed by atoms with Crippen LogP contribution in [0.4, 0.5) is 11.5 Å². The van der Waals surface area contributed by atoms with Gasteiger partial charge in [-0.15, -0.1) is 0 Å². The summed E-state index contributed by atoms with van der Waals surface area (Å²) in [7, 11) is 4.02. The van der Waals surface area contributed by atoms with Crippen LogP contribution < -0.4 is 5.32 Å². The second-order valence-corrected chi connectivity index (χ2v) is 4.20. The molecular formula is C11H18N4O2. The molecule has 0 saturated carbocycles. The third-order valence-electron chi connectivity index (χ3n) is 2.36. The number of aryl methyl sites for hydroxylation is 1. The Balaban J connectivity index is 2.54. The number of nitrogens with one attached hydrogen (secondary N) is 1. The van der Waals surface area contributed by atoms with Crippen molar-refractivity contribution in [2.45, 2.75) is 13.3 Å². The van der Waals surface area contributed by atoms with Gasteiger partial charge in [0.2, 0.25) is 0 Å². The monoisotopic (exact) mass is 238 g/mol. The molecule has 94 valence electrons. The number of anilines is 1. The molecule has 1 rings (SSSR count). The minimum atomic E-state index is -0.387. The van der Waals surface area contributed by atoms with Gasteiger partial charge in [-0.05, 0) is 34.0 Å². The van der Waals surface area contributed by atoms with E-state index in [4.69, 9.17) is 0 Å². The van der Waals surface area contributed by atoms with E-state index in [0.717, 1.165) is 19.5 Å². The van der Waals surface area contributed by atoms with Crippen molar-refractivity contribution in [1.29, 1.82) is 0 Å². The molecule has 6 nitrogen and oxygen atoms in total. The van der Waals surface area contributed by atoms with Crippen molar-refractivity contribution < 1.29 is 4.92 Å². The molecule has 0 aliphatic carbocycles. The highest BCUT2D eigenvalue weighted by Crippen LogP contribution is 2.19. The summed E-state index contributed by atoms with van der Waals surface area (Å²) in [5.74, 6) is 0.557. The first-order chi connectivity index (χ1) is 8.00. The van der Waals surface area contributed by atoms with Crippen molar-refractivity contribution in [1.82, 2.24) is 9.88 Å². The van der Waals surface area contributed by atoms with Crippen LogP contribution in [0.5, 0.6) is 0 Å². The van der Waals surface area contributed by atoms with Crippen LogP contribution >= 0.6 is 0 Å². The lowest BCUT2D eigenvalue weighted by Crippen LogP contribution is -2.16. The molecule has 1 N–H and O–H groups in total. The molecule has 0 atom stereocenters. The zero-order valence-electron chi connectivity index (χ0n) is 10.4. The molecule has 0 aliphatic rings. The van der Waals surface area contributed by atoms with Crippen molar-refractivity contribution in [3.63, 3.8) is 0 Å². The fourth-order valence-corrected chi connectivity index (χ4v) is 1.42. The van der Waals surface area contributed by atoms with Gasteiger partial charge in [0.1, 0.15) is 5.82 Å². The predicted molar refractivity (Wildman–Crippen MR) is 67.3 cm³/mol. The first-order valence-electron chi connectivity index (χ1n) is 5.50. The number of pyridine rings is 1. The second kappa shape index (κ2) is 6.15. The zero-order chi connectivity index (χ0) is 12.8. The van der Waals surface area contributed by atoms with E-state index < -0.39 is 0 Å². The van der Waals surface area contributed by atoms with Gasteiger partial charge >= 0.3 is 0 Å². The van der Waals surface area contributed by atoms with Crippen LogP contribution in [0, 0.1) is 17.0 Å². The molecule has 1 aromatic rings. The average molecular weight is 238 g/mol. The summed E-state index contributed by atoms with van der Waals surface area (Å²) in [6, 6.07) is 1.48. The van der Waals surface area contributed by atoms with Gasteiger partial charge in [-0.3, -0.25) is 10.1 Å². The Morgan fingerprint density at radius 3 is 2.82 bits per heavy atom. The Bertz CT molecular complexity index is 393. The minimum absolute atomic E-state index is 0.107. The van der Waals surface area contributed by atoms with Crippen LogP contribution in [-0.4, -0.2) is 42.0 Å². The Hall–Kier alpha value is -1.69. The molecular weight excluding hydrogens is 220 g/mol. The van der Waals surface area contributed by atoms with Crippen molar-refractivity contribution in [2.75, 3.05) is 32.5 Å². The molecule has 0 amide bonds. The van der Waals surface area contributed by atoms with E-state index in [0.29, 0.717) is 11.4 Å². The van der Waals surface area contributed by atoms with Gasteiger partial charge in [0.15, 0.2) is 0 Å². The summed E-state index contributed by atoms with van der Waals surface area (Å²) in [5, 5.41) is 13.8. The maximum absolute atomic E-state index is 10.7. The van der Waals surface area contributed by atoms with Gasteiger partial charge < -0.3 is 10.2 Å². The maximum atomic E-state index is 10.7. The van der Waals surface area contributed by atoms with Crippen LogP contribution in [0.3, 0.4) is 0 Å². The van der Waals surface area contributed by atoms with Crippen LogP contribution in [0.2, 0.25) is 0 Å². The predicted octanol–water partition coefficient (Wildman–Crippen LogP) is 1.66. The second-order valence-electron chi connectivity index (χ2n) is 4.20. The normalized spacial score (nSPS) is 10.6. The summed E-state index contributed by atoms with van der Waals surface area (Å²) in [4.78, 5) is 16.5. The Morgan fingerprint density at radius 1 is 1.53 bits per heavy atom. The van der Waals surface area contributed by atoms with E-state index >= 15 is 0 Å². The largest absolute Gasteiger partial charge is 0.370 e. The number of hydrogen-bond donors (Lipinski definition) is 1. The third-order valence-corrected chi connectivity index (χ3v) is 2.36. The Kier molecular flexibility index (Phi) is 4.84. The Labute approximate surface area is 101 Å². The average Bonchev–Trinajstić information content (AvgIpc) is 2.25. The molecule has 0 spiro atoms. The summed E-state index contributed by atoms with van der Waals surface area (Å²) in [5.41, 5.74) is 0.684. The smallest absolute Gasteiger partial charge is 0.277 e. The first kappa shape index (κ1) is 13.4. The van der Waals surface area contributed by atoms with Gasteiger partial charge in [0, 0.05) is 18.3 Å². The van der Waals surface area contributed by atoms with E-state index in [-0.39, 0.29) is 10.6 Å². The lowest BCUT2D eigenvalue weighted by Gasteiger charge is -2.10. The zero-order valence-corrected chi connectivity index (χ0v) is 10.4. The van der Waals surface area contributed by atoms with Crippen LogP contribution in [0.25, 0.3) is 0 Å². The molecule has 0 fully saturated rings. The van der Waals surface area contributed by atoms with E-state index in [9.17, 15) is 10.1 Å². The standard InChI is InChI=1S/C11H18N4O2/c1-9-8-13-11(7-10(9)15(16)17)12-5-4-6-14(2)3/h7-8H,4-6H2,1-3H3,(H,12,13). The number of hydrogen-bond acceptors (Lipinski definition) is 5. The SMILES string of the molecule is Cc1cnc(NCCCN(C)C)cc1[N+](=O)[O-]. The summed E-state index contributed by atoms with van der Waals surface area (Å²) >= 11 is 0. The Morgan fingerprint density at radius 2 is 2.24 bits per heavy atom. The summed E-state index contributed by atoms with van der Waals surface area (Å²) in [6.45, 7) is 3.41. The molecule has 0 aliphatic heterocycles. The first-order valence-corrected chi connectivity index (χ1v) is 5.50. The molecule has 0 radical (unpaired) electrons. The molecule has 0 unspecified atom stereocenters. The van der Waals surface area contributed by atoms with Gasteiger partial charge in [-0.2, -0.15) is 0 Å². The van der Waals surface area contributed by atoms with E-state index in [1.54, 1.807) is 6.92 Å². The van der Waals surface area contributed by atoms with Crippen molar-refractivity contribution in [3.05, 3.63) is 27.9 Å². The molecule has 0 saturated heterocycles. The van der Waals surface area contributed by atoms with E-state index in [2.05, 4.69) is 15.2 Å². The molecule has 0 aromatic carbocycles. The molecule has 1 aromatic heterocycles. The van der Waals surface area contributed by atoms with Gasteiger partial charge in [-0.25, -0.2) is 4.98 Å². The molecule has 1 heterocycles. The van der Waals surface area contributed by atoms with Crippen molar-refractivity contribution in [2.24, 2.45) is 0 Å². The van der Waals surface area contributed by atoms with Crippen LogP contribution in [0.15, 0.2) is 12.3 Å². The molecule has 6 heteroatoms. The fourth-order valence-electron chi connectivity index (χ4n) is 1.42. The van der Waals surface area contributed by atoms with Gasteiger partial charge in [-0.1, -0.05) is 0 Å². The molecule has 0 bridgehead atoms. The molecule has 17 heavy (non-hydrogen) atoms. The summed E-state index contributed by atoms with van der Waals surface area (Å²) < 4.78 is 0. The number of rotatable bonds is 6. The van der Waals surface area contributed by atoms with Crippen LogP contribution in [-0.2, 0) is 0 Å². The highest BCUT2D eigenvalue weighted by atomic mass is 16.6. The minimum Gasteiger partial charge on any atom is -0.370 e. The van der Waals surface area contributed by atoms with Gasteiger partial charge in [0.05, 0.1) is 11.0 Å². The number of aromatic nitrogens is 1. The number of nitrogens with zero attached hydrogens (tertiary/aromatic N) is 3. The fraction of sp³-hybridized carbons (Fsp3) is 0.545. The van der Waals surface area contributed by atoms with Crippen molar-refractivity contribution in [3.8, 4) is 0 Å². The highest BCUT2D eigenvalue weighted by molar-refractivity contribution is 5.48. The topological polar surface area (TPSA) is 71.3 Å². The van der Waals surface area contributed by atoms with Crippen LogP contribution in [0.1, 0.15) is 12.0 Å². The quantitative estimate of drug-likeness (QED) is 0.463. The lowest BCUT2D eigenvalue weighted by molar-refractivity contribution is -0.385.